The summed E-state index contributed by atoms with van der Waals surface area (Å²) in [5.41, 5.74) is 18.8. The van der Waals surface area contributed by atoms with Crippen molar-refractivity contribution in [3.05, 3.63) is 271 Å². The van der Waals surface area contributed by atoms with E-state index in [1.54, 1.807) is 0 Å². The minimum absolute atomic E-state index is 0.397. The number of fused-ring (bicyclic) bond motifs is 15. The molecule has 0 fully saturated rings. The second-order valence-electron chi connectivity index (χ2n) is 21.9. The maximum atomic E-state index is 8.43. The van der Waals surface area contributed by atoms with E-state index in [1.165, 1.54) is 0 Å². The summed E-state index contributed by atoms with van der Waals surface area (Å²) in [6.07, 6.45) is 0. The quantitative estimate of drug-likeness (QED) is 0.141. The summed E-state index contributed by atoms with van der Waals surface area (Å²) in [7, 11) is 0. The molecule has 17 aromatic rings. The van der Waals surface area contributed by atoms with Crippen LogP contribution in [0, 0.1) is 20.4 Å². The number of benzene rings is 13. The maximum absolute atomic E-state index is 8.43. The molecule has 84 heavy (non-hydrogen) atoms. The molecule has 0 saturated carbocycles. The number of nitrogens with zero attached hydrogens (tertiary/aromatic N) is 3. The van der Waals surface area contributed by atoms with Gasteiger partial charge in [0.1, 0.15) is 33.5 Å². The Labute approximate surface area is 481 Å². The van der Waals surface area contributed by atoms with Crippen molar-refractivity contribution in [2.45, 2.75) is 13.8 Å². The van der Waals surface area contributed by atoms with Crippen molar-refractivity contribution in [1.82, 2.24) is 0 Å². The van der Waals surface area contributed by atoms with Crippen molar-refractivity contribution >= 4 is 149 Å². The lowest BCUT2D eigenvalue weighted by Gasteiger charge is -2.27. The molecule has 0 bridgehead atoms. The van der Waals surface area contributed by atoms with Gasteiger partial charge >= 0.3 is 0 Å². The SMILES string of the molecule is [C-]#[N+]c1cc2oc3cc4cc(N(c5ccccc5C)c5cccc6c5oc5c(-c7ccccc7)cccc56)ccc4cc3c2c2c1oc1cc3cc(N(c4ccccc4C)c4cccc5c4oc4c(-c6ccccc6)cccc45)ccc3cc12. The molecule has 0 amide bonds. The molecule has 17 rings (SSSR count). The number of hydrogen-bond acceptors (Lipinski definition) is 6. The molecule has 394 valence electrons. The van der Waals surface area contributed by atoms with Crippen LogP contribution in [0.4, 0.5) is 39.8 Å². The van der Waals surface area contributed by atoms with Crippen LogP contribution >= 0.6 is 0 Å². The third-order valence-electron chi connectivity index (χ3n) is 17.0. The van der Waals surface area contributed by atoms with Crippen molar-refractivity contribution in [3.63, 3.8) is 0 Å². The topological polar surface area (TPSA) is 63.4 Å². The fraction of sp³-hybridized carbons (Fsp3) is 0.0260. The van der Waals surface area contributed by atoms with Gasteiger partial charge in [0.25, 0.3) is 0 Å². The highest BCUT2D eigenvalue weighted by Gasteiger charge is 2.26. The lowest BCUT2D eigenvalue weighted by Crippen LogP contribution is -2.11. The first-order valence-electron chi connectivity index (χ1n) is 28.2. The van der Waals surface area contributed by atoms with Gasteiger partial charge in [-0.2, -0.15) is 0 Å². The van der Waals surface area contributed by atoms with E-state index in [9.17, 15) is 0 Å². The molecule has 4 heterocycles. The van der Waals surface area contributed by atoms with Gasteiger partial charge < -0.3 is 27.5 Å². The van der Waals surface area contributed by atoms with Gasteiger partial charge in [0.05, 0.1) is 17.9 Å². The Balaban J connectivity index is 0.807. The second kappa shape index (κ2) is 18.3. The van der Waals surface area contributed by atoms with Crippen LogP contribution < -0.4 is 9.80 Å². The molecule has 0 saturated heterocycles. The predicted molar refractivity (Wildman–Crippen MR) is 347 cm³/mol. The fourth-order valence-electron chi connectivity index (χ4n) is 13.1. The number of rotatable bonds is 8. The normalized spacial score (nSPS) is 11.9. The van der Waals surface area contributed by atoms with Gasteiger partial charge in [0.15, 0.2) is 11.2 Å². The zero-order valence-corrected chi connectivity index (χ0v) is 45.6. The van der Waals surface area contributed by atoms with E-state index in [4.69, 9.17) is 24.2 Å². The zero-order valence-electron chi connectivity index (χ0n) is 45.6. The molecule has 0 radical (unpaired) electrons. The van der Waals surface area contributed by atoms with Crippen molar-refractivity contribution < 1.29 is 17.7 Å². The van der Waals surface area contributed by atoms with Crippen LogP contribution in [0.1, 0.15) is 11.1 Å². The standard InChI is InChI=1S/C77H47N3O4/c1-45-18-10-12-30-64(45)79(66-32-16-28-59-57-26-14-24-55(73(57)83-75(59)66)47-20-6-4-7-21-47)53-36-34-49-40-61-68(42-51(49)38-53)81-70-44-63(78-3)77-72(71(61)70)62-41-50-35-37-54(39-52(50)43-69(62)82-77)80(65-31-13-11-19-46(65)2)67-33-17-29-60-58-27-15-25-56(74(58)84-76(60)67)48-22-8-5-9-23-48/h4-44H,1-2H3. The average Bonchev–Trinajstić information content (AvgIpc) is 2.08. The molecule has 0 aliphatic rings. The number of furan rings is 4. The summed E-state index contributed by atoms with van der Waals surface area (Å²) in [5, 5.41) is 12.0. The van der Waals surface area contributed by atoms with Crippen LogP contribution in [0.25, 0.3) is 136 Å². The molecule has 0 atom stereocenters. The smallest absolute Gasteiger partial charge is 0.233 e. The Morgan fingerprint density at radius 1 is 0.310 bits per heavy atom. The number of aryl methyl sites for hydroxylation is 2. The molecule has 0 aliphatic carbocycles. The van der Waals surface area contributed by atoms with E-state index in [0.29, 0.717) is 22.4 Å². The monoisotopic (exact) mass is 1080 g/mol. The first-order chi connectivity index (χ1) is 41.4. The highest BCUT2D eigenvalue weighted by Crippen LogP contribution is 2.50. The van der Waals surface area contributed by atoms with Crippen LogP contribution in [0.15, 0.2) is 266 Å². The molecule has 0 spiro atoms. The summed E-state index contributed by atoms with van der Waals surface area (Å²) in [6.45, 7) is 12.7. The van der Waals surface area contributed by atoms with Gasteiger partial charge in [-0.3, -0.25) is 0 Å². The van der Waals surface area contributed by atoms with Gasteiger partial charge in [0, 0.05) is 77.0 Å². The molecular weight excluding hydrogens is 1030 g/mol. The highest BCUT2D eigenvalue weighted by atomic mass is 16.3. The van der Waals surface area contributed by atoms with Gasteiger partial charge in [0.2, 0.25) is 5.69 Å². The molecule has 7 nitrogen and oxygen atoms in total. The van der Waals surface area contributed by atoms with Crippen molar-refractivity contribution in [1.29, 1.82) is 0 Å². The minimum atomic E-state index is 0.397. The predicted octanol–water partition coefficient (Wildman–Crippen LogP) is 23.0. The molecule has 13 aromatic carbocycles. The van der Waals surface area contributed by atoms with E-state index in [1.807, 2.05) is 18.2 Å². The first kappa shape index (κ1) is 47.5. The van der Waals surface area contributed by atoms with Crippen LogP contribution in [0.3, 0.4) is 0 Å². The first-order valence-corrected chi connectivity index (χ1v) is 28.2. The molecule has 7 heteroatoms. The number of hydrogen-bond donors (Lipinski definition) is 0. The minimum Gasteiger partial charge on any atom is -0.467 e. The van der Waals surface area contributed by atoms with Crippen LogP contribution in [-0.4, -0.2) is 0 Å². The summed E-state index contributed by atoms with van der Waals surface area (Å²) >= 11 is 0. The number of para-hydroxylation sites is 6. The van der Waals surface area contributed by atoms with E-state index >= 15 is 0 Å². The Morgan fingerprint density at radius 2 is 0.750 bits per heavy atom. The molecule has 0 N–H and O–H groups in total. The molecule has 4 aromatic heterocycles. The average molecular weight is 1080 g/mol. The maximum Gasteiger partial charge on any atom is 0.233 e. The summed E-state index contributed by atoms with van der Waals surface area (Å²) in [4.78, 5) is 8.65. The van der Waals surface area contributed by atoms with Crippen LogP contribution in [0.2, 0.25) is 0 Å². The van der Waals surface area contributed by atoms with E-state index in [2.05, 4.69) is 259 Å². The van der Waals surface area contributed by atoms with Gasteiger partial charge in [-0.15, -0.1) is 0 Å². The van der Waals surface area contributed by atoms with Gasteiger partial charge in [-0.1, -0.05) is 170 Å². The second-order valence-corrected chi connectivity index (χ2v) is 21.9. The Hall–Kier alpha value is -11.3. The third-order valence-corrected chi connectivity index (χ3v) is 17.0. The fourth-order valence-corrected chi connectivity index (χ4v) is 13.1. The third kappa shape index (κ3) is 7.17. The van der Waals surface area contributed by atoms with Crippen molar-refractivity contribution in [2.24, 2.45) is 0 Å². The Kier molecular flexibility index (Phi) is 10.4. The van der Waals surface area contributed by atoms with E-state index in [0.717, 1.165) is 160 Å². The lowest BCUT2D eigenvalue weighted by molar-refractivity contribution is 0.665. The summed E-state index contributed by atoms with van der Waals surface area (Å²) < 4.78 is 27.7. The number of anilines is 6. The summed E-state index contributed by atoms with van der Waals surface area (Å²) in [6, 6.07) is 87.2. The Morgan fingerprint density at radius 3 is 1.25 bits per heavy atom. The highest BCUT2D eigenvalue weighted by molar-refractivity contribution is 6.30. The summed E-state index contributed by atoms with van der Waals surface area (Å²) in [5.74, 6) is 0. The zero-order chi connectivity index (χ0) is 55.7. The Bertz CT molecular complexity index is 5620. The van der Waals surface area contributed by atoms with Crippen molar-refractivity contribution in [3.8, 4) is 22.3 Å². The molecule has 0 aliphatic heterocycles. The van der Waals surface area contributed by atoms with Crippen LogP contribution in [-0.2, 0) is 0 Å². The molecular formula is C77H47N3O4. The van der Waals surface area contributed by atoms with E-state index in [-0.39, 0.29) is 0 Å². The van der Waals surface area contributed by atoms with Crippen LogP contribution in [0.5, 0.6) is 0 Å². The van der Waals surface area contributed by atoms with Crippen molar-refractivity contribution in [2.75, 3.05) is 9.80 Å². The van der Waals surface area contributed by atoms with Gasteiger partial charge in [-0.05, 0) is 137 Å². The largest absolute Gasteiger partial charge is 0.467 e. The lowest BCUT2D eigenvalue weighted by atomic mass is 9.99. The molecule has 0 unspecified atom stereocenters. The van der Waals surface area contributed by atoms with Gasteiger partial charge in [-0.25, -0.2) is 4.85 Å². The van der Waals surface area contributed by atoms with E-state index < -0.39 is 0 Å².